The van der Waals surface area contributed by atoms with Crippen LogP contribution in [-0.2, 0) is 4.79 Å². The number of hydrogen-bond acceptors (Lipinski definition) is 3. The molecular formula is C7H10F2N2O3. The van der Waals surface area contributed by atoms with Crippen molar-refractivity contribution in [2.24, 2.45) is 0 Å². The molecule has 0 aliphatic carbocycles. The molecule has 14 heavy (non-hydrogen) atoms. The number of aliphatic hydroxyl groups is 1. The minimum Gasteiger partial charge on any atom is -0.365 e. The third-order valence-electron chi connectivity index (χ3n) is 2.40. The summed E-state index contributed by atoms with van der Waals surface area (Å²) in [6.07, 6.45) is 0. The number of nitrogens with zero attached hydrogens (tertiary/aromatic N) is 2. The van der Waals surface area contributed by atoms with Gasteiger partial charge in [-0.1, -0.05) is 0 Å². The maximum absolute atomic E-state index is 13.2. The SMILES string of the molecule is CN1C(=O)N(C)C(C)(O)C(F)(F)C1=O. The number of imide groups is 1. The van der Waals surface area contributed by atoms with Gasteiger partial charge < -0.3 is 5.11 Å². The normalized spacial score (nSPS) is 32.4. The van der Waals surface area contributed by atoms with Gasteiger partial charge in [0.25, 0.3) is 0 Å². The average Bonchev–Trinajstić information content (AvgIpc) is 2.10. The number of carbonyl (C=O) groups is 2. The summed E-state index contributed by atoms with van der Waals surface area (Å²) in [5, 5.41) is 9.34. The van der Waals surface area contributed by atoms with E-state index in [1.165, 1.54) is 0 Å². The van der Waals surface area contributed by atoms with Crippen molar-refractivity contribution in [3.05, 3.63) is 0 Å². The molecule has 3 amide bonds. The van der Waals surface area contributed by atoms with Crippen LogP contribution in [0.1, 0.15) is 6.92 Å². The number of hydrogen-bond donors (Lipinski definition) is 1. The van der Waals surface area contributed by atoms with E-state index >= 15 is 0 Å². The quantitative estimate of drug-likeness (QED) is 0.602. The van der Waals surface area contributed by atoms with E-state index in [0.717, 1.165) is 21.0 Å². The highest BCUT2D eigenvalue weighted by molar-refractivity contribution is 6.01. The van der Waals surface area contributed by atoms with E-state index in [1.54, 1.807) is 0 Å². The summed E-state index contributed by atoms with van der Waals surface area (Å²) in [5.74, 6) is -5.70. The molecule has 0 aromatic heterocycles. The zero-order valence-corrected chi connectivity index (χ0v) is 7.91. The summed E-state index contributed by atoms with van der Waals surface area (Å²) in [7, 11) is 1.93. The second-order valence-corrected chi connectivity index (χ2v) is 3.30. The molecule has 5 nitrogen and oxygen atoms in total. The predicted octanol–water partition coefficient (Wildman–Crippen LogP) is -0.146. The largest absolute Gasteiger partial charge is 0.371 e. The van der Waals surface area contributed by atoms with Crippen molar-refractivity contribution in [1.29, 1.82) is 0 Å². The van der Waals surface area contributed by atoms with Crippen LogP contribution < -0.4 is 0 Å². The van der Waals surface area contributed by atoms with Crippen molar-refractivity contribution in [1.82, 2.24) is 9.80 Å². The molecule has 0 spiro atoms. The Labute approximate surface area is 78.9 Å². The molecule has 0 aromatic rings. The monoisotopic (exact) mass is 208 g/mol. The first-order chi connectivity index (χ1) is 6.14. The fourth-order valence-corrected chi connectivity index (χ4v) is 1.12. The van der Waals surface area contributed by atoms with Gasteiger partial charge in [0, 0.05) is 14.1 Å². The van der Waals surface area contributed by atoms with E-state index in [2.05, 4.69) is 0 Å². The molecular weight excluding hydrogens is 198 g/mol. The van der Waals surface area contributed by atoms with Gasteiger partial charge in [0.2, 0.25) is 5.72 Å². The number of urea groups is 1. The molecule has 1 aliphatic heterocycles. The Bertz CT molecular complexity index is 303. The number of halogens is 2. The maximum Gasteiger partial charge on any atom is 0.371 e. The third kappa shape index (κ3) is 1.02. The lowest BCUT2D eigenvalue weighted by Gasteiger charge is -2.45. The van der Waals surface area contributed by atoms with Crippen LogP contribution in [0.3, 0.4) is 0 Å². The van der Waals surface area contributed by atoms with Crippen LogP contribution in [0.25, 0.3) is 0 Å². The van der Waals surface area contributed by atoms with E-state index in [9.17, 15) is 23.5 Å². The zero-order chi connectivity index (χ0) is 11.3. The van der Waals surface area contributed by atoms with Gasteiger partial charge in [0.1, 0.15) is 0 Å². The number of alkyl halides is 2. The molecule has 1 atom stereocenters. The van der Waals surface area contributed by atoms with Crippen LogP contribution in [0.2, 0.25) is 0 Å². The minimum absolute atomic E-state index is 0.276. The van der Waals surface area contributed by atoms with E-state index in [-0.39, 0.29) is 4.90 Å². The summed E-state index contributed by atoms with van der Waals surface area (Å²) in [6, 6.07) is -0.967. The Balaban J connectivity index is 3.24. The molecule has 1 rings (SSSR count). The summed E-state index contributed by atoms with van der Waals surface area (Å²) in [5.41, 5.74) is -2.78. The van der Waals surface area contributed by atoms with Gasteiger partial charge in [-0.15, -0.1) is 0 Å². The lowest BCUT2D eigenvalue weighted by molar-refractivity contribution is -0.240. The lowest BCUT2D eigenvalue weighted by Crippen LogP contribution is -2.72. The van der Waals surface area contributed by atoms with Crippen molar-refractivity contribution in [3.63, 3.8) is 0 Å². The summed E-state index contributed by atoms with van der Waals surface area (Å²) < 4.78 is 26.4. The van der Waals surface area contributed by atoms with Crippen molar-refractivity contribution in [3.8, 4) is 0 Å². The summed E-state index contributed by atoms with van der Waals surface area (Å²) in [4.78, 5) is 22.9. The van der Waals surface area contributed by atoms with Gasteiger partial charge in [-0.05, 0) is 6.92 Å². The van der Waals surface area contributed by atoms with E-state index < -0.39 is 23.6 Å². The van der Waals surface area contributed by atoms with Crippen LogP contribution in [0, 0.1) is 0 Å². The maximum atomic E-state index is 13.2. The predicted molar refractivity (Wildman–Crippen MR) is 41.5 cm³/mol. The van der Waals surface area contributed by atoms with Gasteiger partial charge in [-0.3, -0.25) is 14.6 Å². The lowest BCUT2D eigenvalue weighted by atomic mass is 10.0. The number of rotatable bonds is 0. The van der Waals surface area contributed by atoms with E-state index in [1.807, 2.05) is 0 Å². The molecule has 1 unspecified atom stereocenters. The second kappa shape index (κ2) is 2.63. The highest BCUT2D eigenvalue weighted by Gasteiger charge is 2.65. The Kier molecular flexibility index (Phi) is 2.03. The van der Waals surface area contributed by atoms with E-state index in [0.29, 0.717) is 4.90 Å². The van der Waals surface area contributed by atoms with Crippen molar-refractivity contribution in [2.45, 2.75) is 18.6 Å². The highest BCUT2D eigenvalue weighted by Crippen LogP contribution is 2.36. The Morgan fingerprint density at radius 2 is 1.71 bits per heavy atom. The Hall–Kier alpha value is -1.24. The first kappa shape index (κ1) is 10.8. The van der Waals surface area contributed by atoms with Crippen LogP contribution in [0.5, 0.6) is 0 Å². The molecule has 0 bridgehead atoms. The molecule has 1 heterocycles. The van der Waals surface area contributed by atoms with Crippen LogP contribution in [-0.4, -0.2) is 52.6 Å². The van der Waals surface area contributed by atoms with Gasteiger partial charge in [-0.2, -0.15) is 8.78 Å². The molecule has 1 aliphatic rings. The zero-order valence-electron chi connectivity index (χ0n) is 7.91. The first-order valence-electron chi connectivity index (χ1n) is 3.80. The Morgan fingerprint density at radius 3 is 2.14 bits per heavy atom. The smallest absolute Gasteiger partial charge is 0.365 e. The van der Waals surface area contributed by atoms with Crippen LogP contribution in [0.4, 0.5) is 13.6 Å². The summed E-state index contributed by atoms with van der Waals surface area (Å²) >= 11 is 0. The molecule has 0 aromatic carbocycles. The molecule has 1 saturated heterocycles. The van der Waals surface area contributed by atoms with Crippen molar-refractivity contribution < 1.29 is 23.5 Å². The third-order valence-corrected chi connectivity index (χ3v) is 2.40. The first-order valence-corrected chi connectivity index (χ1v) is 3.80. The van der Waals surface area contributed by atoms with Crippen molar-refractivity contribution >= 4 is 11.9 Å². The standard InChI is InChI=1S/C7H10F2N2O3/c1-6(14)7(8,9)4(12)10(2)5(13)11(6)3/h14H,1-3H3. The number of amides is 3. The molecule has 7 heteroatoms. The van der Waals surface area contributed by atoms with Gasteiger partial charge in [-0.25, -0.2) is 4.79 Å². The summed E-state index contributed by atoms with van der Waals surface area (Å²) in [6.45, 7) is 0.718. The highest BCUT2D eigenvalue weighted by atomic mass is 19.3. The van der Waals surface area contributed by atoms with Crippen LogP contribution in [0.15, 0.2) is 0 Å². The fraction of sp³-hybridized carbons (Fsp3) is 0.714. The van der Waals surface area contributed by atoms with Gasteiger partial charge in [0.05, 0.1) is 0 Å². The molecule has 0 radical (unpaired) electrons. The topological polar surface area (TPSA) is 60.9 Å². The van der Waals surface area contributed by atoms with Gasteiger partial charge in [0.15, 0.2) is 0 Å². The Morgan fingerprint density at radius 1 is 1.29 bits per heavy atom. The molecule has 1 fully saturated rings. The van der Waals surface area contributed by atoms with Gasteiger partial charge >= 0.3 is 17.9 Å². The molecule has 1 N–H and O–H groups in total. The fourth-order valence-electron chi connectivity index (χ4n) is 1.12. The minimum atomic E-state index is -4.00. The molecule has 0 saturated carbocycles. The van der Waals surface area contributed by atoms with Crippen molar-refractivity contribution in [2.75, 3.05) is 14.1 Å². The second-order valence-electron chi connectivity index (χ2n) is 3.30. The average molecular weight is 208 g/mol. The van der Waals surface area contributed by atoms with Crippen LogP contribution >= 0.6 is 0 Å². The van der Waals surface area contributed by atoms with E-state index in [4.69, 9.17) is 0 Å². The molecule has 80 valence electrons. The number of carbonyl (C=O) groups excluding carboxylic acids is 2.